The van der Waals surface area contributed by atoms with Gasteiger partial charge in [-0.2, -0.15) is 0 Å². The number of ketones is 1. The van der Waals surface area contributed by atoms with Crippen molar-refractivity contribution >= 4 is 105 Å². The minimum Gasteiger partial charge on any atom is -0.480 e. The second kappa shape index (κ2) is 22.4. The molecule has 0 aliphatic heterocycles. The molecule has 0 fully saturated rings. The monoisotopic (exact) mass is 870 g/mol. The summed E-state index contributed by atoms with van der Waals surface area (Å²) < 4.78 is 5.07. The minimum absolute atomic E-state index is 0.0951. The van der Waals surface area contributed by atoms with E-state index in [1.165, 1.54) is 24.3 Å². The first-order chi connectivity index (χ1) is 26.7. The van der Waals surface area contributed by atoms with Gasteiger partial charge in [0.1, 0.15) is 31.0 Å². The van der Waals surface area contributed by atoms with Crippen molar-refractivity contribution < 1.29 is 58.4 Å². The van der Waals surface area contributed by atoms with Crippen molar-refractivity contribution in [3.63, 3.8) is 0 Å². The fourth-order valence-corrected chi connectivity index (χ4v) is 6.10. The van der Waals surface area contributed by atoms with Crippen LogP contribution in [0.25, 0.3) is 0 Å². The molecule has 0 saturated heterocycles. The van der Waals surface area contributed by atoms with Gasteiger partial charge in [0.15, 0.2) is 5.78 Å². The minimum atomic E-state index is -2.20. The normalized spacial score (nSPS) is 12.1. The standard InChI is InChI=1S/C21H16Cl4N2O7.C16H22N2O5/c1-7(28)26-17-11(24)5-3-9(22)13(17)15(20(31)32)19(30)16(21(33)34)14-10(23)4-6-12(25)18(14)27-8(2)29;1-11(2)8-13(15(21)17-9-14(19)20)18-16(22)23-10-12-6-4-3-5-7-12/h3-6,15-16H,1-2H3,(H,26,28)(H,27,29)(H,31,32)(H,33,34);3-7,11,13H,8-10H2,1-2H3,(H,17,21)(H,18,22)(H,19,20)/t;13-/m.0/s1. The first kappa shape index (κ1) is 47.7. The highest BCUT2D eigenvalue weighted by molar-refractivity contribution is 6.39. The highest BCUT2D eigenvalue weighted by Crippen LogP contribution is 2.43. The Morgan fingerprint density at radius 3 is 1.49 bits per heavy atom. The number of hydrogen-bond acceptors (Lipinski definition) is 9. The molecular formula is C37H38Cl4N4O12. The third kappa shape index (κ3) is 14.5. The Kier molecular flexibility index (Phi) is 18.7. The molecule has 0 saturated carbocycles. The molecule has 306 valence electrons. The third-order valence-corrected chi connectivity index (χ3v) is 8.76. The second-order valence-electron chi connectivity index (χ2n) is 12.4. The number of benzene rings is 3. The summed E-state index contributed by atoms with van der Waals surface area (Å²) in [5.74, 6) is -12.2. The van der Waals surface area contributed by atoms with E-state index in [1.807, 2.05) is 44.2 Å². The average molecular weight is 873 g/mol. The lowest BCUT2D eigenvalue weighted by Gasteiger charge is -2.24. The van der Waals surface area contributed by atoms with Gasteiger partial charge >= 0.3 is 24.0 Å². The molecule has 3 aromatic rings. The van der Waals surface area contributed by atoms with Gasteiger partial charge in [0, 0.05) is 35.0 Å². The van der Waals surface area contributed by atoms with Gasteiger partial charge in [-0.3, -0.25) is 33.6 Å². The molecule has 0 spiro atoms. The van der Waals surface area contributed by atoms with Crippen LogP contribution < -0.4 is 21.3 Å². The number of Topliss-reactive ketones (excluding diaryl/α,β-unsaturated/α-hetero) is 1. The quantitative estimate of drug-likeness (QED) is 0.0778. The maximum atomic E-state index is 13.5. The Labute approximate surface area is 346 Å². The number of halogens is 4. The Balaban J connectivity index is 0.000000425. The zero-order valence-electron chi connectivity index (χ0n) is 30.7. The molecule has 3 aromatic carbocycles. The molecule has 0 aliphatic carbocycles. The van der Waals surface area contributed by atoms with E-state index in [-0.39, 0.29) is 44.0 Å². The topological polar surface area (TPSA) is 255 Å². The number of anilines is 2. The van der Waals surface area contributed by atoms with E-state index >= 15 is 0 Å². The molecule has 57 heavy (non-hydrogen) atoms. The van der Waals surface area contributed by atoms with E-state index in [0.29, 0.717) is 6.42 Å². The summed E-state index contributed by atoms with van der Waals surface area (Å²) >= 11 is 24.6. The SMILES string of the molecule is CC(=O)Nc1c(Cl)ccc(Cl)c1C(C(=O)O)C(=O)C(C(=O)O)c1c(Cl)ccc(Cl)c1NC(C)=O.CC(C)C[C@H](NC(=O)OCc1ccccc1)C(=O)NCC(=O)O. The average Bonchev–Trinajstić information content (AvgIpc) is 3.11. The van der Waals surface area contributed by atoms with Crippen molar-refractivity contribution in [2.45, 2.75) is 58.6 Å². The second-order valence-corrected chi connectivity index (χ2v) is 14.1. The smallest absolute Gasteiger partial charge is 0.408 e. The maximum absolute atomic E-state index is 13.5. The van der Waals surface area contributed by atoms with Gasteiger partial charge in [0.05, 0.1) is 21.4 Å². The molecule has 0 radical (unpaired) electrons. The van der Waals surface area contributed by atoms with Crippen LogP contribution in [0.3, 0.4) is 0 Å². The van der Waals surface area contributed by atoms with Crippen LogP contribution in [-0.2, 0) is 44.9 Å². The number of amides is 4. The Bertz CT molecular complexity index is 1920. The fraction of sp³-hybridized carbons (Fsp3) is 0.297. The van der Waals surface area contributed by atoms with E-state index in [2.05, 4.69) is 21.3 Å². The summed E-state index contributed by atoms with van der Waals surface area (Å²) in [6.07, 6.45) is -0.337. The van der Waals surface area contributed by atoms with Gasteiger partial charge in [-0.05, 0) is 42.2 Å². The molecule has 2 unspecified atom stereocenters. The largest absolute Gasteiger partial charge is 0.480 e. The first-order valence-electron chi connectivity index (χ1n) is 16.6. The molecule has 3 atom stereocenters. The van der Waals surface area contributed by atoms with Crippen molar-refractivity contribution in [1.29, 1.82) is 0 Å². The van der Waals surface area contributed by atoms with Crippen LogP contribution in [0.1, 0.15) is 62.6 Å². The molecule has 4 amide bonds. The molecule has 16 nitrogen and oxygen atoms in total. The van der Waals surface area contributed by atoms with Crippen LogP contribution in [0.4, 0.5) is 16.2 Å². The molecule has 20 heteroatoms. The van der Waals surface area contributed by atoms with Gasteiger partial charge in [-0.15, -0.1) is 0 Å². The summed E-state index contributed by atoms with van der Waals surface area (Å²) in [7, 11) is 0. The number of hydrogen-bond donors (Lipinski definition) is 7. The summed E-state index contributed by atoms with van der Waals surface area (Å²) in [5.41, 5.74) is -0.560. The van der Waals surface area contributed by atoms with E-state index < -0.39 is 83.1 Å². The van der Waals surface area contributed by atoms with Gasteiger partial charge in [-0.1, -0.05) is 90.6 Å². The zero-order valence-corrected chi connectivity index (χ0v) is 33.7. The van der Waals surface area contributed by atoms with Gasteiger partial charge in [0.25, 0.3) is 0 Å². The number of nitrogens with one attached hydrogen (secondary N) is 4. The molecule has 7 N–H and O–H groups in total. The van der Waals surface area contributed by atoms with Crippen molar-refractivity contribution in [2.24, 2.45) is 5.92 Å². The van der Waals surface area contributed by atoms with Gasteiger partial charge in [0.2, 0.25) is 17.7 Å². The molecule has 0 aromatic heterocycles. The summed E-state index contributed by atoms with van der Waals surface area (Å²) in [4.78, 5) is 95.7. The molecule has 0 aliphatic rings. The van der Waals surface area contributed by atoms with Gasteiger partial charge < -0.3 is 41.3 Å². The van der Waals surface area contributed by atoms with Crippen molar-refractivity contribution in [2.75, 3.05) is 17.2 Å². The zero-order chi connectivity index (χ0) is 43.1. The van der Waals surface area contributed by atoms with Gasteiger partial charge in [-0.25, -0.2) is 4.79 Å². The van der Waals surface area contributed by atoms with Crippen molar-refractivity contribution in [3.05, 3.63) is 91.4 Å². The number of rotatable bonds is 16. The number of carbonyl (C=O) groups is 8. The number of ether oxygens (including phenoxy) is 1. The highest BCUT2D eigenvalue weighted by Gasteiger charge is 2.43. The lowest BCUT2D eigenvalue weighted by molar-refractivity contribution is -0.147. The Hall–Kier alpha value is -5.42. The van der Waals surface area contributed by atoms with E-state index in [4.69, 9.17) is 56.2 Å². The maximum Gasteiger partial charge on any atom is 0.408 e. The van der Waals surface area contributed by atoms with E-state index in [9.17, 15) is 48.6 Å². The lowest BCUT2D eigenvalue weighted by atomic mass is 9.82. The number of carbonyl (C=O) groups excluding carboxylic acids is 5. The highest BCUT2D eigenvalue weighted by atomic mass is 35.5. The lowest BCUT2D eigenvalue weighted by Crippen LogP contribution is -2.48. The fourth-order valence-electron chi connectivity index (χ4n) is 5.14. The molecular weight excluding hydrogens is 834 g/mol. The van der Waals surface area contributed by atoms with Crippen LogP contribution in [-0.4, -0.2) is 75.4 Å². The summed E-state index contributed by atoms with van der Waals surface area (Å²) in [6, 6.07) is 13.2. The summed E-state index contributed by atoms with van der Waals surface area (Å²) in [6.45, 7) is 5.63. The van der Waals surface area contributed by atoms with Crippen LogP contribution in [0.2, 0.25) is 20.1 Å². The van der Waals surface area contributed by atoms with Crippen LogP contribution in [0, 0.1) is 5.92 Å². The summed E-state index contributed by atoms with van der Waals surface area (Å²) in [5, 5.41) is 37.0. The van der Waals surface area contributed by atoms with Crippen LogP contribution in [0.5, 0.6) is 0 Å². The van der Waals surface area contributed by atoms with Crippen molar-refractivity contribution in [1.82, 2.24) is 10.6 Å². The first-order valence-corrected chi connectivity index (χ1v) is 18.1. The van der Waals surface area contributed by atoms with E-state index in [0.717, 1.165) is 19.4 Å². The molecule has 3 rings (SSSR count). The predicted octanol–water partition coefficient (Wildman–Crippen LogP) is 6.35. The number of carboxylic acids is 3. The van der Waals surface area contributed by atoms with E-state index in [1.54, 1.807) is 0 Å². The third-order valence-electron chi connectivity index (χ3n) is 7.47. The molecule has 0 heterocycles. The Morgan fingerprint density at radius 1 is 0.667 bits per heavy atom. The van der Waals surface area contributed by atoms with Crippen LogP contribution >= 0.6 is 46.4 Å². The molecule has 0 bridgehead atoms. The van der Waals surface area contributed by atoms with Crippen LogP contribution in [0.15, 0.2) is 54.6 Å². The number of alkyl carbamates (subject to hydrolysis) is 1. The predicted molar refractivity (Wildman–Crippen MR) is 211 cm³/mol. The number of aliphatic carboxylic acids is 3. The Morgan fingerprint density at radius 2 is 1.11 bits per heavy atom. The number of carboxylic acid groups (broad SMARTS) is 3. The van der Waals surface area contributed by atoms with Crippen molar-refractivity contribution in [3.8, 4) is 0 Å².